The monoisotopic (exact) mass is 362 g/mol. The average Bonchev–Trinajstić information content (AvgIpc) is 2.59. The van der Waals surface area contributed by atoms with Crippen LogP contribution in [0.1, 0.15) is 35.9 Å². The Balaban J connectivity index is 1.98. The number of hydrogen-bond donors (Lipinski definition) is 0. The van der Waals surface area contributed by atoms with E-state index in [9.17, 15) is 9.59 Å². The highest BCUT2D eigenvalue weighted by molar-refractivity contribution is 6.31. The molecule has 2 aromatic carbocycles. The average molecular weight is 363 g/mol. The molecule has 0 N–H and O–H groups in total. The molecule has 0 saturated heterocycles. The van der Waals surface area contributed by atoms with Gasteiger partial charge in [0, 0.05) is 16.1 Å². The number of carbonyl (C=O) groups is 2. The van der Waals surface area contributed by atoms with Gasteiger partial charge in [-0.25, -0.2) is 4.79 Å². The van der Waals surface area contributed by atoms with Gasteiger partial charge in [-0.3, -0.25) is 4.79 Å². The summed E-state index contributed by atoms with van der Waals surface area (Å²) in [5.74, 6) is 0.109. The molecular weight excluding hydrogens is 344 g/mol. The highest BCUT2D eigenvalue weighted by Gasteiger charge is 2.16. The largest absolute Gasteiger partial charge is 0.493 e. The summed E-state index contributed by atoms with van der Waals surface area (Å²) in [6, 6.07) is 11.9. The van der Waals surface area contributed by atoms with Gasteiger partial charge >= 0.3 is 5.97 Å². The van der Waals surface area contributed by atoms with E-state index in [2.05, 4.69) is 0 Å². The van der Waals surface area contributed by atoms with Crippen molar-refractivity contribution in [2.75, 3.05) is 13.7 Å². The molecule has 0 heterocycles. The van der Waals surface area contributed by atoms with Crippen LogP contribution in [0.3, 0.4) is 0 Å². The summed E-state index contributed by atoms with van der Waals surface area (Å²) >= 11 is 6.09. The second-order valence-electron chi connectivity index (χ2n) is 5.36. The number of hydrogen-bond acceptors (Lipinski definition) is 5. The minimum absolute atomic E-state index is 0.0853. The Hall–Kier alpha value is -2.53. The highest BCUT2D eigenvalue weighted by atomic mass is 35.5. The lowest BCUT2D eigenvalue weighted by Gasteiger charge is -2.16. The minimum atomic E-state index is -0.537. The SMILES string of the molecule is COc1cc(C(C)=O)ccc1OCC(=O)O[C@H](C)c1ccccc1Cl. The molecule has 0 saturated carbocycles. The van der Waals surface area contributed by atoms with Gasteiger partial charge in [0.15, 0.2) is 23.9 Å². The first-order valence-electron chi connectivity index (χ1n) is 7.68. The summed E-state index contributed by atoms with van der Waals surface area (Å²) < 4.78 is 16.0. The van der Waals surface area contributed by atoms with Crippen molar-refractivity contribution in [3.8, 4) is 11.5 Å². The van der Waals surface area contributed by atoms with Gasteiger partial charge in [-0.1, -0.05) is 29.8 Å². The van der Waals surface area contributed by atoms with Crippen molar-refractivity contribution in [2.45, 2.75) is 20.0 Å². The third kappa shape index (κ3) is 4.97. The molecule has 0 bridgehead atoms. The van der Waals surface area contributed by atoms with Crippen LogP contribution in [-0.4, -0.2) is 25.5 Å². The maximum Gasteiger partial charge on any atom is 0.344 e. The Morgan fingerprint density at radius 3 is 2.48 bits per heavy atom. The van der Waals surface area contributed by atoms with Gasteiger partial charge < -0.3 is 14.2 Å². The Labute approximate surface area is 151 Å². The zero-order chi connectivity index (χ0) is 18.4. The van der Waals surface area contributed by atoms with E-state index in [1.54, 1.807) is 43.3 Å². The first kappa shape index (κ1) is 18.8. The van der Waals surface area contributed by atoms with E-state index >= 15 is 0 Å². The third-order valence-electron chi connectivity index (χ3n) is 3.57. The number of halogens is 1. The van der Waals surface area contributed by atoms with E-state index in [-0.39, 0.29) is 12.4 Å². The molecule has 0 spiro atoms. The Bertz CT molecular complexity index is 772. The predicted molar refractivity (Wildman–Crippen MR) is 94.5 cm³/mol. The van der Waals surface area contributed by atoms with Gasteiger partial charge in [-0.15, -0.1) is 0 Å². The van der Waals surface area contributed by atoms with Crippen LogP contribution in [0.4, 0.5) is 0 Å². The normalized spacial score (nSPS) is 11.5. The molecule has 5 nitrogen and oxygen atoms in total. The van der Waals surface area contributed by atoms with E-state index in [4.69, 9.17) is 25.8 Å². The molecule has 132 valence electrons. The first-order valence-corrected chi connectivity index (χ1v) is 8.06. The molecule has 0 radical (unpaired) electrons. The van der Waals surface area contributed by atoms with Gasteiger partial charge in [0.2, 0.25) is 0 Å². The van der Waals surface area contributed by atoms with E-state index in [1.165, 1.54) is 14.0 Å². The molecule has 0 aliphatic rings. The van der Waals surface area contributed by atoms with E-state index < -0.39 is 12.1 Å². The van der Waals surface area contributed by atoms with Gasteiger partial charge in [-0.05, 0) is 38.1 Å². The maximum absolute atomic E-state index is 12.0. The fourth-order valence-corrected chi connectivity index (χ4v) is 2.53. The lowest BCUT2D eigenvalue weighted by atomic mass is 10.1. The van der Waals surface area contributed by atoms with E-state index in [1.807, 2.05) is 6.07 Å². The standard InChI is InChI=1S/C19H19ClO5/c1-12(21)14-8-9-17(18(10-14)23-3)24-11-19(22)25-13(2)15-6-4-5-7-16(15)20/h4-10,13H,11H2,1-3H3/t13-/m1/s1. The quantitative estimate of drug-likeness (QED) is 0.544. The summed E-state index contributed by atoms with van der Waals surface area (Å²) in [6.45, 7) is 2.91. The van der Waals surface area contributed by atoms with Crippen molar-refractivity contribution in [1.29, 1.82) is 0 Å². The maximum atomic E-state index is 12.0. The van der Waals surface area contributed by atoms with Crippen LogP contribution in [0.15, 0.2) is 42.5 Å². The third-order valence-corrected chi connectivity index (χ3v) is 3.91. The molecule has 0 amide bonds. The minimum Gasteiger partial charge on any atom is -0.493 e. The topological polar surface area (TPSA) is 61.8 Å². The molecule has 6 heteroatoms. The summed E-state index contributed by atoms with van der Waals surface area (Å²) in [7, 11) is 1.46. The van der Waals surface area contributed by atoms with Crippen LogP contribution >= 0.6 is 11.6 Å². The molecular formula is C19H19ClO5. The van der Waals surface area contributed by atoms with Crippen molar-refractivity contribution in [3.05, 3.63) is 58.6 Å². The van der Waals surface area contributed by atoms with Crippen LogP contribution in [0.5, 0.6) is 11.5 Å². The zero-order valence-electron chi connectivity index (χ0n) is 14.2. The highest BCUT2D eigenvalue weighted by Crippen LogP contribution is 2.29. The van der Waals surface area contributed by atoms with Gasteiger partial charge in [0.05, 0.1) is 7.11 Å². The molecule has 0 unspecified atom stereocenters. The first-order chi connectivity index (χ1) is 11.9. The number of esters is 1. The number of benzene rings is 2. The molecule has 0 aliphatic heterocycles. The van der Waals surface area contributed by atoms with Crippen LogP contribution in [-0.2, 0) is 9.53 Å². The number of ether oxygens (including phenoxy) is 3. The van der Waals surface area contributed by atoms with Gasteiger partial charge in [-0.2, -0.15) is 0 Å². The number of rotatable bonds is 7. The molecule has 0 aromatic heterocycles. The molecule has 25 heavy (non-hydrogen) atoms. The van der Waals surface area contributed by atoms with Crippen molar-refractivity contribution >= 4 is 23.4 Å². The lowest BCUT2D eigenvalue weighted by molar-refractivity contribution is -0.151. The lowest BCUT2D eigenvalue weighted by Crippen LogP contribution is -2.17. The van der Waals surface area contributed by atoms with Gasteiger partial charge in [0.25, 0.3) is 0 Å². The molecule has 2 rings (SSSR count). The molecule has 1 atom stereocenters. The van der Waals surface area contributed by atoms with Crippen molar-refractivity contribution in [3.63, 3.8) is 0 Å². The van der Waals surface area contributed by atoms with E-state index in [0.717, 1.165) is 5.56 Å². The number of Topliss-reactive ketones (excluding diaryl/α,β-unsaturated/α-hetero) is 1. The number of ketones is 1. The molecule has 2 aromatic rings. The van der Waals surface area contributed by atoms with Crippen molar-refractivity contribution in [1.82, 2.24) is 0 Å². The van der Waals surface area contributed by atoms with Crippen LogP contribution in [0, 0.1) is 0 Å². The fourth-order valence-electron chi connectivity index (χ4n) is 2.24. The Kier molecular flexibility index (Phi) is 6.42. The van der Waals surface area contributed by atoms with Crippen LogP contribution < -0.4 is 9.47 Å². The Morgan fingerprint density at radius 2 is 1.84 bits per heavy atom. The molecule has 0 fully saturated rings. The fraction of sp³-hybridized carbons (Fsp3) is 0.263. The zero-order valence-corrected chi connectivity index (χ0v) is 15.0. The number of methoxy groups -OCH3 is 1. The van der Waals surface area contributed by atoms with Gasteiger partial charge in [0.1, 0.15) is 6.10 Å². The Morgan fingerprint density at radius 1 is 1.12 bits per heavy atom. The van der Waals surface area contributed by atoms with Crippen molar-refractivity contribution < 1.29 is 23.8 Å². The van der Waals surface area contributed by atoms with E-state index in [0.29, 0.717) is 22.1 Å². The van der Waals surface area contributed by atoms with Crippen LogP contribution in [0.25, 0.3) is 0 Å². The second-order valence-corrected chi connectivity index (χ2v) is 5.77. The molecule has 0 aliphatic carbocycles. The predicted octanol–water partition coefficient (Wildman–Crippen LogP) is 4.23. The smallest absolute Gasteiger partial charge is 0.344 e. The summed E-state index contributed by atoms with van der Waals surface area (Å²) in [6.07, 6.45) is -0.494. The number of carbonyl (C=O) groups excluding carboxylic acids is 2. The second kappa shape index (κ2) is 8.53. The van der Waals surface area contributed by atoms with Crippen molar-refractivity contribution in [2.24, 2.45) is 0 Å². The summed E-state index contributed by atoms with van der Waals surface area (Å²) in [5.41, 5.74) is 1.22. The van der Waals surface area contributed by atoms with Crippen LogP contribution in [0.2, 0.25) is 5.02 Å². The summed E-state index contributed by atoms with van der Waals surface area (Å²) in [4.78, 5) is 23.4. The summed E-state index contributed by atoms with van der Waals surface area (Å²) in [5, 5.41) is 0.533.